The van der Waals surface area contributed by atoms with Crippen molar-refractivity contribution in [3.63, 3.8) is 0 Å². The van der Waals surface area contributed by atoms with Gasteiger partial charge in [-0.05, 0) is 12.8 Å². The summed E-state index contributed by atoms with van der Waals surface area (Å²) in [5.74, 6) is -1.96. The number of hydrogen-bond acceptors (Lipinski definition) is 7. The van der Waals surface area contributed by atoms with E-state index in [4.69, 9.17) is 18.9 Å². The lowest BCUT2D eigenvalue weighted by atomic mass is 10.0. The second-order valence-corrected chi connectivity index (χ2v) is 25.9. The molecule has 0 rings (SSSR count). The molecule has 0 spiro atoms. The fraction of sp³-hybridized carbons (Fsp3) is 0.958. The Labute approximate surface area is 498 Å². The molecule has 0 saturated heterocycles. The van der Waals surface area contributed by atoms with E-state index < -0.39 is 18.4 Å². The molecule has 1 N–H and O–H groups in total. The molecule has 0 saturated carbocycles. The van der Waals surface area contributed by atoms with Crippen LogP contribution in [0, 0.1) is 0 Å². The van der Waals surface area contributed by atoms with Gasteiger partial charge >= 0.3 is 17.9 Å². The van der Waals surface area contributed by atoms with Crippen molar-refractivity contribution in [3.05, 3.63) is 0 Å². The van der Waals surface area contributed by atoms with Gasteiger partial charge in [0.2, 0.25) is 0 Å². The van der Waals surface area contributed by atoms with E-state index in [1.807, 2.05) is 21.1 Å². The van der Waals surface area contributed by atoms with Gasteiger partial charge in [0.25, 0.3) is 6.29 Å². The Hall–Kier alpha value is -1.71. The van der Waals surface area contributed by atoms with Crippen LogP contribution in [0.3, 0.4) is 0 Å². The maximum Gasteiger partial charge on any atom is 0.361 e. The van der Waals surface area contributed by atoms with Crippen LogP contribution < -0.4 is 0 Å². The first-order valence-electron chi connectivity index (χ1n) is 35.7. The van der Waals surface area contributed by atoms with E-state index in [2.05, 4.69) is 13.8 Å². The molecule has 9 nitrogen and oxygen atoms in total. The maximum atomic E-state index is 12.9. The van der Waals surface area contributed by atoms with Gasteiger partial charge in [-0.3, -0.25) is 9.59 Å². The number of hydrogen-bond donors (Lipinski definition) is 1. The fourth-order valence-electron chi connectivity index (χ4n) is 11.1. The van der Waals surface area contributed by atoms with Gasteiger partial charge in [0, 0.05) is 12.8 Å². The van der Waals surface area contributed by atoms with E-state index >= 15 is 0 Å². The zero-order valence-corrected chi connectivity index (χ0v) is 54.5. The van der Waals surface area contributed by atoms with Crippen molar-refractivity contribution in [2.24, 2.45) is 0 Å². The van der Waals surface area contributed by atoms with E-state index in [1.165, 1.54) is 315 Å². The molecule has 0 aliphatic carbocycles. The van der Waals surface area contributed by atoms with E-state index in [1.54, 1.807) is 0 Å². The van der Waals surface area contributed by atoms with Gasteiger partial charge < -0.3 is 28.5 Å². The lowest BCUT2D eigenvalue weighted by molar-refractivity contribution is -0.870. The van der Waals surface area contributed by atoms with Crippen LogP contribution in [0.2, 0.25) is 0 Å². The molecule has 0 heterocycles. The Bertz CT molecular complexity index is 1270. The number of nitrogens with zero attached hydrogens (tertiary/aromatic N) is 1. The SMILES string of the molecule is CCCCCCCCCCCCCCCCCCCCCCCCCCCCCCC(=O)OC(COC(=O)CCCCCCCCCCCCCCCCCCCCCCCCCCCCC)COC(OCC[N+](C)(C)C)C(=O)O. The average Bonchev–Trinajstić information content (AvgIpc) is 3.43. The van der Waals surface area contributed by atoms with Gasteiger partial charge in [-0.15, -0.1) is 0 Å². The van der Waals surface area contributed by atoms with Crippen molar-refractivity contribution in [2.45, 2.75) is 392 Å². The van der Waals surface area contributed by atoms with Crippen molar-refractivity contribution >= 4 is 17.9 Å². The summed E-state index contributed by atoms with van der Waals surface area (Å²) in [6.07, 6.45) is 72.3. The van der Waals surface area contributed by atoms with Crippen molar-refractivity contribution in [3.8, 4) is 0 Å². The minimum Gasteiger partial charge on any atom is -0.477 e. The zero-order chi connectivity index (χ0) is 58.3. The first kappa shape index (κ1) is 78.3. The highest BCUT2D eigenvalue weighted by Crippen LogP contribution is 2.20. The first-order valence-corrected chi connectivity index (χ1v) is 35.7. The van der Waals surface area contributed by atoms with Gasteiger partial charge in [0.15, 0.2) is 6.10 Å². The Kier molecular flexibility index (Phi) is 62.0. The monoisotopic (exact) mass is 1140 g/mol. The topological polar surface area (TPSA) is 108 Å². The van der Waals surface area contributed by atoms with Crippen molar-refractivity contribution < 1.29 is 42.9 Å². The molecule has 0 aliphatic rings. The number of carbonyl (C=O) groups excluding carboxylic acids is 2. The third-order valence-electron chi connectivity index (χ3n) is 16.6. The smallest absolute Gasteiger partial charge is 0.361 e. The molecule has 476 valence electrons. The van der Waals surface area contributed by atoms with Crippen LogP contribution in [0.5, 0.6) is 0 Å². The Morgan fingerprint density at radius 2 is 0.562 bits per heavy atom. The molecule has 0 aromatic heterocycles. The number of carbonyl (C=O) groups is 3. The van der Waals surface area contributed by atoms with Gasteiger partial charge in [-0.1, -0.05) is 354 Å². The summed E-state index contributed by atoms with van der Waals surface area (Å²) >= 11 is 0. The third kappa shape index (κ3) is 63.9. The number of likely N-dealkylation sites (N-methyl/N-ethyl adjacent to an activating group) is 1. The predicted octanol–water partition coefficient (Wildman–Crippen LogP) is 21.9. The molecule has 0 radical (unpaired) electrons. The van der Waals surface area contributed by atoms with Crippen molar-refractivity contribution in [1.82, 2.24) is 0 Å². The van der Waals surface area contributed by atoms with E-state index in [0.717, 1.165) is 38.5 Å². The number of unbranched alkanes of at least 4 members (excludes halogenated alkanes) is 53. The highest BCUT2D eigenvalue weighted by molar-refractivity contribution is 5.71. The second-order valence-electron chi connectivity index (χ2n) is 25.9. The second kappa shape index (κ2) is 63.3. The number of quaternary nitrogens is 1. The third-order valence-corrected chi connectivity index (χ3v) is 16.6. The number of ether oxygens (including phenoxy) is 4. The summed E-state index contributed by atoms with van der Waals surface area (Å²) in [4.78, 5) is 37.6. The van der Waals surface area contributed by atoms with Crippen LogP contribution in [0.4, 0.5) is 0 Å². The van der Waals surface area contributed by atoms with Crippen LogP contribution in [0.1, 0.15) is 380 Å². The van der Waals surface area contributed by atoms with Crippen LogP contribution >= 0.6 is 0 Å². The summed E-state index contributed by atoms with van der Waals surface area (Å²) in [6, 6.07) is 0. The molecule has 0 fully saturated rings. The summed E-state index contributed by atoms with van der Waals surface area (Å²) in [6.45, 7) is 4.98. The molecule has 0 bridgehead atoms. The fourth-order valence-corrected chi connectivity index (χ4v) is 11.1. The van der Waals surface area contributed by atoms with Crippen LogP contribution in [0.25, 0.3) is 0 Å². The van der Waals surface area contributed by atoms with Gasteiger partial charge in [-0.2, -0.15) is 0 Å². The molecule has 0 amide bonds. The van der Waals surface area contributed by atoms with Crippen LogP contribution in [0.15, 0.2) is 0 Å². The summed E-state index contributed by atoms with van der Waals surface area (Å²) in [7, 11) is 6.00. The van der Waals surface area contributed by atoms with E-state index in [0.29, 0.717) is 17.4 Å². The molecular weight excluding hydrogens is 995 g/mol. The molecule has 9 heteroatoms. The highest BCUT2D eigenvalue weighted by atomic mass is 16.7. The van der Waals surface area contributed by atoms with Gasteiger partial charge in [0.05, 0.1) is 34.4 Å². The van der Waals surface area contributed by atoms with Crippen molar-refractivity contribution in [2.75, 3.05) is 47.5 Å². The molecule has 2 unspecified atom stereocenters. The Balaban J connectivity index is 4.04. The largest absolute Gasteiger partial charge is 0.477 e. The van der Waals surface area contributed by atoms with Gasteiger partial charge in [0.1, 0.15) is 13.2 Å². The molecule has 0 aromatic carbocycles. The summed E-state index contributed by atoms with van der Waals surface area (Å²) in [5, 5.41) is 9.75. The van der Waals surface area contributed by atoms with E-state index in [9.17, 15) is 19.5 Å². The van der Waals surface area contributed by atoms with Crippen molar-refractivity contribution in [1.29, 1.82) is 0 Å². The molecular formula is C71H140NO8+. The maximum absolute atomic E-state index is 12.9. The molecule has 0 aliphatic heterocycles. The number of carboxylic acids is 1. The molecule has 80 heavy (non-hydrogen) atoms. The van der Waals surface area contributed by atoms with E-state index in [-0.39, 0.29) is 38.2 Å². The van der Waals surface area contributed by atoms with Gasteiger partial charge in [-0.25, -0.2) is 4.79 Å². The van der Waals surface area contributed by atoms with Crippen LogP contribution in [-0.2, 0) is 33.3 Å². The number of esters is 2. The highest BCUT2D eigenvalue weighted by Gasteiger charge is 2.25. The average molecular weight is 1140 g/mol. The normalized spacial score (nSPS) is 12.6. The summed E-state index contributed by atoms with van der Waals surface area (Å²) < 4.78 is 23.0. The Morgan fingerprint density at radius 3 is 0.800 bits per heavy atom. The standard InChI is InChI=1S/C71H139NO8/c1-6-8-10-12-14-16-18-20-22-24-26-28-30-32-34-36-38-40-42-44-46-48-50-52-54-56-58-60-62-69(74)80-67(66-79-71(70(75)76)77-64-63-72(3,4)5)65-78-68(73)61-59-57-55-53-51-49-47-45-43-41-39-37-35-33-31-29-27-25-23-21-19-17-15-13-11-9-7-2/h67,71H,6-66H2,1-5H3/p+1. The first-order chi connectivity index (χ1) is 39.1. The predicted molar refractivity (Wildman–Crippen MR) is 342 cm³/mol. The number of rotatable bonds is 68. The number of carboxylic acid groups (broad SMARTS) is 1. The lowest BCUT2D eigenvalue weighted by Crippen LogP contribution is -2.40. The summed E-state index contributed by atoms with van der Waals surface area (Å²) in [5.41, 5.74) is 0. The quantitative estimate of drug-likeness (QED) is 0.0278. The molecule has 0 aromatic rings. The molecule has 2 atom stereocenters. The van der Waals surface area contributed by atoms with Crippen LogP contribution in [-0.4, -0.2) is 87.4 Å². The minimum absolute atomic E-state index is 0.172. The zero-order valence-electron chi connectivity index (χ0n) is 54.5. The Morgan fingerprint density at radius 1 is 0.325 bits per heavy atom. The minimum atomic E-state index is -1.50. The lowest BCUT2D eigenvalue weighted by Gasteiger charge is -2.25. The number of aliphatic carboxylic acids is 1.